The second kappa shape index (κ2) is 8.09. The molecule has 5 nitrogen and oxygen atoms in total. The van der Waals surface area contributed by atoms with Crippen molar-refractivity contribution in [2.24, 2.45) is 0 Å². The van der Waals surface area contributed by atoms with E-state index in [-0.39, 0.29) is 11.9 Å². The fourth-order valence-electron chi connectivity index (χ4n) is 3.89. The third-order valence-corrected chi connectivity index (χ3v) is 5.41. The van der Waals surface area contributed by atoms with Crippen molar-refractivity contribution >= 4 is 5.91 Å². The predicted octanol–water partition coefficient (Wildman–Crippen LogP) is 3.07. The largest absolute Gasteiger partial charge is 0.493 e. The molecule has 2 heterocycles. The molecule has 3 rings (SSSR count). The second-order valence-electron chi connectivity index (χ2n) is 7.08. The van der Waals surface area contributed by atoms with Crippen molar-refractivity contribution in [2.45, 2.75) is 58.2 Å². The second-order valence-corrected chi connectivity index (χ2v) is 7.08. The van der Waals surface area contributed by atoms with E-state index < -0.39 is 0 Å². The van der Waals surface area contributed by atoms with Crippen molar-refractivity contribution < 1.29 is 14.3 Å². The van der Waals surface area contributed by atoms with Gasteiger partial charge in [0.1, 0.15) is 0 Å². The Morgan fingerprint density at radius 3 is 2.92 bits per heavy atom. The average molecular weight is 346 g/mol. The van der Waals surface area contributed by atoms with Crippen LogP contribution in [-0.2, 0) is 11.3 Å². The Morgan fingerprint density at radius 1 is 1.32 bits per heavy atom. The van der Waals surface area contributed by atoms with Gasteiger partial charge in [0.25, 0.3) is 0 Å². The van der Waals surface area contributed by atoms with Gasteiger partial charge >= 0.3 is 0 Å². The topological polar surface area (TPSA) is 42.0 Å². The molecule has 0 unspecified atom stereocenters. The number of nitrogens with zero attached hydrogens (tertiary/aromatic N) is 2. The fourth-order valence-corrected chi connectivity index (χ4v) is 3.89. The molecule has 5 heteroatoms. The Hall–Kier alpha value is -1.75. The Labute approximate surface area is 150 Å². The lowest BCUT2D eigenvalue weighted by Gasteiger charge is -2.41. The van der Waals surface area contributed by atoms with Gasteiger partial charge in [0.05, 0.1) is 19.8 Å². The zero-order valence-corrected chi connectivity index (χ0v) is 15.7. The predicted molar refractivity (Wildman–Crippen MR) is 98.0 cm³/mol. The van der Waals surface area contributed by atoms with Crippen LogP contribution in [0.4, 0.5) is 0 Å². The highest BCUT2D eigenvalue weighted by molar-refractivity contribution is 5.83. The first kappa shape index (κ1) is 18.1. The number of methoxy groups -OCH3 is 1. The molecule has 0 bridgehead atoms. The van der Waals surface area contributed by atoms with Crippen LogP contribution < -0.4 is 9.47 Å². The third-order valence-electron chi connectivity index (χ3n) is 5.41. The summed E-state index contributed by atoms with van der Waals surface area (Å²) in [5.74, 6) is 1.86. The van der Waals surface area contributed by atoms with Gasteiger partial charge in [0.15, 0.2) is 11.5 Å². The van der Waals surface area contributed by atoms with Gasteiger partial charge in [-0.05, 0) is 32.3 Å². The van der Waals surface area contributed by atoms with Crippen molar-refractivity contribution in [3.8, 4) is 11.5 Å². The fraction of sp³-hybridized carbons (Fsp3) is 0.650. The first-order chi connectivity index (χ1) is 12.2. The summed E-state index contributed by atoms with van der Waals surface area (Å²) < 4.78 is 11.5. The van der Waals surface area contributed by atoms with Gasteiger partial charge in [-0.15, -0.1) is 0 Å². The van der Waals surface area contributed by atoms with Gasteiger partial charge in [-0.3, -0.25) is 9.69 Å². The van der Waals surface area contributed by atoms with E-state index >= 15 is 0 Å². The molecule has 0 aliphatic carbocycles. The lowest BCUT2D eigenvalue weighted by atomic mass is 10.1. The molecule has 0 aromatic heterocycles. The molecule has 0 saturated carbocycles. The normalized spacial score (nSPS) is 23.6. The number of fused-ring (bicyclic) bond motifs is 1. The third kappa shape index (κ3) is 3.76. The summed E-state index contributed by atoms with van der Waals surface area (Å²) in [6, 6.07) is 6.32. The number of amides is 1. The lowest BCUT2D eigenvalue weighted by Crippen LogP contribution is -2.58. The summed E-state index contributed by atoms with van der Waals surface area (Å²) in [7, 11) is 1.68. The molecule has 2 fully saturated rings. The van der Waals surface area contributed by atoms with Crippen LogP contribution in [0.3, 0.4) is 0 Å². The number of para-hydroxylation sites is 1. The van der Waals surface area contributed by atoms with Crippen molar-refractivity contribution in [3.05, 3.63) is 23.8 Å². The van der Waals surface area contributed by atoms with Crippen molar-refractivity contribution in [3.63, 3.8) is 0 Å². The summed E-state index contributed by atoms with van der Waals surface area (Å²) in [6.07, 6.45) is 4.36. The lowest BCUT2D eigenvalue weighted by molar-refractivity contribution is -0.143. The van der Waals surface area contributed by atoms with Gasteiger partial charge in [-0.2, -0.15) is 0 Å². The van der Waals surface area contributed by atoms with Gasteiger partial charge in [-0.1, -0.05) is 25.5 Å². The summed E-state index contributed by atoms with van der Waals surface area (Å²) >= 11 is 0. The highest BCUT2D eigenvalue weighted by Gasteiger charge is 2.40. The van der Waals surface area contributed by atoms with Crippen molar-refractivity contribution in [2.75, 3.05) is 26.8 Å². The van der Waals surface area contributed by atoms with E-state index in [0.717, 1.165) is 62.4 Å². The monoisotopic (exact) mass is 346 g/mol. The molecule has 2 aliphatic heterocycles. The van der Waals surface area contributed by atoms with Crippen LogP contribution in [-0.4, -0.2) is 54.6 Å². The van der Waals surface area contributed by atoms with Crippen LogP contribution >= 0.6 is 0 Å². The molecule has 0 spiro atoms. The molecule has 0 radical (unpaired) electrons. The highest BCUT2D eigenvalue weighted by Crippen LogP contribution is 2.34. The molecule has 2 saturated heterocycles. The van der Waals surface area contributed by atoms with Crippen LogP contribution in [0.5, 0.6) is 11.5 Å². The minimum absolute atomic E-state index is 0.0796. The average Bonchev–Trinajstić information content (AvgIpc) is 3.09. The zero-order valence-electron chi connectivity index (χ0n) is 15.7. The van der Waals surface area contributed by atoms with Crippen molar-refractivity contribution in [1.82, 2.24) is 9.80 Å². The molecular weight excluding hydrogens is 316 g/mol. The molecule has 1 aromatic rings. The number of hydrogen-bond acceptors (Lipinski definition) is 4. The van der Waals surface area contributed by atoms with E-state index in [1.807, 2.05) is 19.1 Å². The number of ether oxygens (including phenoxy) is 2. The number of carbonyl (C=O) groups excluding carboxylic acids is 1. The summed E-state index contributed by atoms with van der Waals surface area (Å²) in [5, 5.41) is 0. The van der Waals surface area contributed by atoms with Crippen LogP contribution in [0, 0.1) is 0 Å². The SMILES string of the molecule is CCCCOc1c(CN2C[C@@H]3CCCN3C(=O)[C@@H]2C)cccc1OC. The molecular formula is C20H30N2O3. The molecule has 0 N–H and O–H groups in total. The first-order valence-electron chi connectivity index (χ1n) is 9.49. The van der Waals surface area contributed by atoms with Gasteiger partial charge in [0.2, 0.25) is 5.91 Å². The van der Waals surface area contributed by atoms with Crippen LogP contribution in [0.1, 0.15) is 45.1 Å². The minimum Gasteiger partial charge on any atom is -0.493 e. The quantitative estimate of drug-likeness (QED) is 0.712. The molecule has 138 valence electrons. The number of hydrogen-bond donors (Lipinski definition) is 0. The van der Waals surface area contributed by atoms with Gasteiger partial charge < -0.3 is 14.4 Å². The molecule has 25 heavy (non-hydrogen) atoms. The maximum absolute atomic E-state index is 12.7. The van der Waals surface area contributed by atoms with E-state index in [9.17, 15) is 4.79 Å². The summed E-state index contributed by atoms with van der Waals surface area (Å²) in [6.45, 7) is 7.45. The Kier molecular flexibility index (Phi) is 5.84. The number of unbranched alkanes of at least 4 members (excludes halogenated alkanes) is 1. The van der Waals surface area contributed by atoms with E-state index in [4.69, 9.17) is 9.47 Å². The Balaban J connectivity index is 1.78. The molecule has 2 atom stereocenters. The van der Waals surface area contributed by atoms with Crippen LogP contribution in [0.25, 0.3) is 0 Å². The Morgan fingerprint density at radius 2 is 2.16 bits per heavy atom. The van der Waals surface area contributed by atoms with Gasteiger partial charge in [-0.25, -0.2) is 0 Å². The van der Waals surface area contributed by atoms with Crippen LogP contribution in [0.2, 0.25) is 0 Å². The first-order valence-corrected chi connectivity index (χ1v) is 9.49. The smallest absolute Gasteiger partial charge is 0.239 e. The Bertz CT molecular complexity index is 605. The molecule has 1 aromatic carbocycles. The maximum Gasteiger partial charge on any atom is 0.239 e. The molecule has 1 amide bonds. The highest BCUT2D eigenvalue weighted by atomic mass is 16.5. The number of carbonyl (C=O) groups is 1. The van der Waals surface area contributed by atoms with E-state index in [1.54, 1.807) is 7.11 Å². The van der Waals surface area contributed by atoms with E-state index in [1.165, 1.54) is 0 Å². The van der Waals surface area contributed by atoms with Crippen LogP contribution in [0.15, 0.2) is 18.2 Å². The summed E-state index contributed by atoms with van der Waals surface area (Å²) in [4.78, 5) is 17.0. The van der Waals surface area contributed by atoms with Gasteiger partial charge in [0, 0.05) is 31.2 Å². The number of benzene rings is 1. The number of rotatable bonds is 7. The number of piperazine rings is 1. The standard InChI is InChI=1S/C20H30N2O3/c1-4-5-12-25-19-16(8-6-10-18(19)24-3)13-21-14-17-9-7-11-22(17)20(23)15(21)2/h6,8,10,15,17H,4-5,7,9,11-14H2,1-3H3/t15-,17-/m0/s1. The maximum atomic E-state index is 12.7. The van der Waals surface area contributed by atoms with E-state index in [0.29, 0.717) is 12.6 Å². The molecule has 2 aliphatic rings. The van der Waals surface area contributed by atoms with E-state index in [2.05, 4.69) is 22.8 Å². The zero-order chi connectivity index (χ0) is 17.8. The summed E-state index contributed by atoms with van der Waals surface area (Å²) in [5.41, 5.74) is 1.10. The van der Waals surface area contributed by atoms with Crippen molar-refractivity contribution in [1.29, 1.82) is 0 Å². The minimum atomic E-state index is -0.0796.